The van der Waals surface area contributed by atoms with Gasteiger partial charge in [0, 0.05) is 18.8 Å². The van der Waals surface area contributed by atoms with Crippen LogP contribution in [-0.4, -0.2) is 36.1 Å². The highest BCUT2D eigenvalue weighted by molar-refractivity contribution is 5.38. The minimum absolute atomic E-state index is 0.553. The van der Waals surface area contributed by atoms with Gasteiger partial charge in [0.05, 0.1) is 0 Å². The van der Waals surface area contributed by atoms with E-state index in [-0.39, 0.29) is 0 Å². The lowest BCUT2D eigenvalue weighted by atomic mass is 10.1. The maximum atomic E-state index is 5.61. The molecule has 4 nitrogen and oxygen atoms in total. The molecule has 0 spiro atoms. The summed E-state index contributed by atoms with van der Waals surface area (Å²) in [6.07, 6.45) is 4.19. The summed E-state index contributed by atoms with van der Waals surface area (Å²) in [7, 11) is 2.17. The molecule has 3 N–H and O–H groups in total. The number of piperidine rings is 1. The van der Waals surface area contributed by atoms with E-state index in [0.29, 0.717) is 12.6 Å². The second-order valence-corrected chi connectivity index (χ2v) is 4.48. The Balaban J connectivity index is 1.93. The highest BCUT2D eigenvalue weighted by atomic mass is 15.1. The summed E-state index contributed by atoms with van der Waals surface area (Å²) in [6, 6.07) is 4.55. The highest BCUT2D eigenvalue weighted by Crippen LogP contribution is 2.14. The van der Waals surface area contributed by atoms with Gasteiger partial charge >= 0.3 is 0 Å². The van der Waals surface area contributed by atoms with Gasteiger partial charge in [0.1, 0.15) is 5.82 Å². The lowest BCUT2D eigenvalue weighted by Gasteiger charge is -2.29. The Morgan fingerprint density at radius 3 is 2.94 bits per heavy atom. The van der Waals surface area contributed by atoms with E-state index in [1.165, 1.54) is 12.8 Å². The number of hydrogen-bond donors (Lipinski definition) is 2. The standard InChI is InChI=1S/C12H20N4/c1-16-6-3-11(4-7-16)15-12-8-10(9-13)2-5-14-12/h2,5,8,11H,3-4,6-7,9,13H2,1H3,(H,14,15). The van der Waals surface area contributed by atoms with Gasteiger partial charge in [-0.25, -0.2) is 4.98 Å². The second-order valence-electron chi connectivity index (χ2n) is 4.48. The van der Waals surface area contributed by atoms with Crippen LogP contribution >= 0.6 is 0 Å². The van der Waals surface area contributed by atoms with Gasteiger partial charge in [-0.3, -0.25) is 0 Å². The molecule has 1 aliphatic heterocycles. The molecule has 16 heavy (non-hydrogen) atoms. The fraction of sp³-hybridized carbons (Fsp3) is 0.583. The number of hydrogen-bond acceptors (Lipinski definition) is 4. The van der Waals surface area contributed by atoms with Crippen molar-refractivity contribution in [3.8, 4) is 0 Å². The van der Waals surface area contributed by atoms with E-state index in [1.807, 2.05) is 18.3 Å². The Morgan fingerprint density at radius 1 is 1.50 bits per heavy atom. The van der Waals surface area contributed by atoms with Gasteiger partial charge in [0.25, 0.3) is 0 Å². The molecule has 0 aliphatic carbocycles. The molecule has 0 unspecified atom stereocenters. The summed E-state index contributed by atoms with van der Waals surface area (Å²) >= 11 is 0. The van der Waals surface area contributed by atoms with Crippen molar-refractivity contribution in [2.24, 2.45) is 5.73 Å². The molecule has 2 heterocycles. The van der Waals surface area contributed by atoms with Gasteiger partial charge in [-0.15, -0.1) is 0 Å². The fourth-order valence-electron chi connectivity index (χ4n) is 2.04. The van der Waals surface area contributed by atoms with Gasteiger partial charge in [0.2, 0.25) is 0 Å². The topological polar surface area (TPSA) is 54.2 Å². The molecule has 1 aromatic rings. The smallest absolute Gasteiger partial charge is 0.126 e. The molecule has 88 valence electrons. The maximum Gasteiger partial charge on any atom is 0.126 e. The van der Waals surface area contributed by atoms with Crippen molar-refractivity contribution in [3.63, 3.8) is 0 Å². The average molecular weight is 220 g/mol. The van der Waals surface area contributed by atoms with Crippen molar-refractivity contribution >= 4 is 5.82 Å². The van der Waals surface area contributed by atoms with Crippen LogP contribution in [0.5, 0.6) is 0 Å². The molecule has 4 heteroatoms. The van der Waals surface area contributed by atoms with E-state index < -0.39 is 0 Å². The molecule has 1 fully saturated rings. The molecule has 1 aromatic heterocycles. The molecular weight excluding hydrogens is 200 g/mol. The normalized spacial score (nSPS) is 18.6. The molecule has 1 saturated heterocycles. The number of anilines is 1. The lowest BCUT2D eigenvalue weighted by Crippen LogP contribution is -2.36. The van der Waals surface area contributed by atoms with Crippen LogP contribution in [0.3, 0.4) is 0 Å². The Hall–Kier alpha value is -1.13. The summed E-state index contributed by atoms with van der Waals surface area (Å²) in [6.45, 7) is 2.90. The number of rotatable bonds is 3. The molecule has 1 aliphatic rings. The highest BCUT2D eigenvalue weighted by Gasteiger charge is 2.16. The van der Waals surface area contributed by atoms with Crippen LogP contribution in [0.15, 0.2) is 18.3 Å². The third-order valence-corrected chi connectivity index (χ3v) is 3.13. The van der Waals surface area contributed by atoms with Crippen molar-refractivity contribution < 1.29 is 0 Å². The molecule has 0 saturated carbocycles. The summed E-state index contributed by atoms with van der Waals surface area (Å²) in [5, 5.41) is 3.48. The van der Waals surface area contributed by atoms with Crippen LogP contribution in [0.1, 0.15) is 18.4 Å². The van der Waals surface area contributed by atoms with E-state index in [0.717, 1.165) is 24.5 Å². The van der Waals surface area contributed by atoms with Crippen LogP contribution in [-0.2, 0) is 6.54 Å². The zero-order chi connectivity index (χ0) is 11.4. The van der Waals surface area contributed by atoms with Crippen molar-refractivity contribution in [2.75, 3.05) is 25.5 Å². The number of nitrogens with two attached hydrogens (primary N) is 1. The zero-order valence-electron chi connectivity index (χ0n) is 9.82. The molecule has 2 rings (SSSR count). The quantitative estimate of drug-likeness (QED) is 0.799. The van der Waals surface area contributed by atoms with Crippen LogP contribution < -0.4 is 11.1 Å². The summed E-state index contributed by atoms with van der Waals surface area (Å²) < 4.78 is 0. The van der Waals surface area contributed by atoms with E-state index in [4.69, 9.17) is 5.73 Å². The number of nitrogens with one attached hydrogen (secondary N) is 1. The third-order valence-electron chi connectivity index (χ3n) is 3.13. The summed E-state index contributed by atoms with van der Waals surface area (Å²) in [4.78, 5) is 6.68. The van der Waals surface area contributed by atoms with Gasteiger partial charge < -0.3 is 16.0 Å². The molecule has 0 aromatic carbocycles. The van der Waals surface area contributed by atoms with Crippen molar-refractivity contribution in [2.45, 2.75) is 25.4 Å². The first kappa shape index (κ1) is 11.4. The summed E-state index contributed by atoms with van der Waals surface area (Å²) in [5.74, 6) is 0.956. The van der Waals surface area contributed by atoms with Gasteiger partial charge in [-0.2, -0.15) is 0 Å². The van der Waals surface area contributed by atoms with E-state index in [9.17, 15) is 0 Å². The van der Waals surface area contributed by atoms with Crippen LogP contribution in [0.25, 0.3) is 0 Å². The van der Waals surface area contributed by atoms with Gasteiger partial charge in [0.15, 0.2) is 0 Å². The van der Waals surface area contributed by atoms with Crippen molar-refractivity contribution in [3.05, 3.63) is 23.9 Å². The Labute approximate surface area is 96.8 Å². The maximum absolute atomic E-state index is 5.61. The first-order chi connectivity index (χ1) is 7.78. The lowest BCUT2D eigenvalue weighted by molar-refractivity contribution is 0.263. The van der Waals surface area contributed by atoms with Crippen molar-refractivity contribution in [1.29, 1.82) is 0 Å². The Bertz CT molecular complexity index is 332. The molecule has 0 bridgehead atoms. The van der Waals surface area contributed by atoms with E-state index in [2.05, 4.69) is 22.2 Å². The fourth-order valence-corrected chi connectivity index (χ4v) is 2.04. The first-order valence-corrected chi connectivity index (χ1v) is 5.88. The number of aromatic nitrogens is 1. The monoisotopic (exact) mass is 220 g/mol. The third kappa shape index (κ3) is 2.93. The summed E-state index contributed by atoms with van der Waals surface area (Å²) in [5.41, 5.74) is 6.74. The largest absolute Gasteiger partial charge is 0.367 e. The SMILES string of the molecule is CN1CCC(Nc2cc(CN)ccn2)CC1. The zero-order valence-corrected chi connectivity index (χ0v) is 9.82. The molecule has 0 amide bonds. The molecule has 0 atom stereocenters. The predicted molar refractivity (Wildman–Crippen MR) is 66.3 cm³/mol. The Morgan fingerprint density at radius 2 is 2.25 bits per heavy atom. The minimum atomic E-state index is 0.553. The van der Waals surface area contributed by atoms with Crippen LogP contribution in [0, 0.1) is 0 Å². The van der Waals surface area contributed by atoms with Crippen molar-refractivity contribution in [1.82, 2.24) is 9.88 Å². The Kier molecular flexibility index (Phi) is 3.74. The van der Waals surface area contributed by atoms with Crippen LogP contribution in [0.2, 0.25) is 0 Å². The van der Waals surface area contributed by atoms with Crippen LogP contribution in [0.4, 0.5) is 5.82 Å². The predicted octanol–water partition coefficient (Wildman–Crippen LogP) is 1.05. The number of pyridine rings is 1. The number of likely N-dealkylation sites (tertiary alicyclic amines) is 1. The van der Waals surface area contributed by atoms with E-state index >= 15 is 0 Å². The molecule has 0 radical (unpaired) electrons. The minimum Gasteiger partial charge on any atom is -0.367 e. The second kappa shape index (κ2) is 5.27. The van der Waals surface area contributed by atoms with E-state index in [1.54, 1.807) is 0 Å². The molecular formula is C12H20N4. The first-order valence-electron chi connectivity index (χ1n) is 5.88. The van der Waals surface area contributed by atoms with Gasteiger partial charge in [-0.05, 0) is 50.7 Å². The average Bonchev–Trinajstić information content (AvgIpc) is 2.32. The van der Waals surface area contributed by atoms with Gasteiger partial charge in [-0.1, -0.05) is 0 Å². The number of nitrogens with zero attached hydrogens (tertiary/aromatic N) is 2.